The van der Waals surface area contributed by atoms with Gasteiger partial charge in [-0.05, 0) is 44.5 Å². The molecule has 1 atom stereocenters. The quantitative estimate of drug-likeness (QED) is 0.709. The lowest BCUT2D eigenvalue weighted by Crippen LogP contribution is -2.39. The number of carbonyl (C=O) groups excluding carboxylic acids is 1. The molecule has 0 aliphatic heterocycles. The third-order valence-electron chi connectivity index (χ3n) is 2.93. The summed E-state index contributed by atoms with van der Waals surface area (Å²) < 4.78 is 18.4. The molecule has 0 heterocycles. The minimum Gasteiger partial charge on any atom is -0.369 e. The largest absolute Gasteiger partial charge is 0.369 e. The second-order valence-electron chi connectivity index (χ2n) is 4.43. The van der Waals surface area contributed by atoms with Crippen LogP contribution >= 0.6 is 0 Å². The van der Waals surface area contributed by atoms with E-state index in [4.69, 9.17) is 4.74 Å². The first-order valence-corrected chi connectivity index (χ1v) is 6.78. The molecule has 106 valence electrons. The second kappa shape index (κ2) is 7.89. The first kappa shape index (κ1) is 15.6. The summed E-state index contributed by atoms with van der Waals surface area (Å²) in [6.07, 6.45) is 1.51. The maximum Gasteiger partial charge on any atom is 0.255 e. The van der Waals surface area contributed by atoms with Crippen LogP contribution in [0.4, 0.5) is 10.1 Å². The molecule has 1 amide bonds. The Labute approximate surface area is 114 Å². The van der Waals surface area contributed by atoms with Gasteiger partial charge in [0.1, 0.15) is 11.9 Å². The number of anilines is 1. The van der Waals surface area contributed by atoms with Crippen molar-refractivity contribution in [1.82, 2.24) is 0 Å². The predicted octanol–water partition coefficient (Wildman–Crippen LogP) is 3.38. The van der Waals surface area contributed by atoms with Gasteiger partial charge in [0.15, 0.2) is 0 Å². The molecule has 0 saturated heterocycles. The SMILES string of the molecule is CCCCOC(C)C(=O)N(CC)c1ccc(F)cc1. The summed E-state index contributed by atoms with van der Waals surface area (Å²) in [5.41, 5.74) is 0.694. The van der Waals surface area contributed by atoms with Gasteiger partial charge in [-0.15, -0.1) is 0 Å². The molecule has 0 aliphatic rings. The third kappa shape index (κ3) is 4.63. The molecule has 19 heavy (non-hydrogen) atoms. The van der Waals surface area contributed by atoms with Crippen molar-refractivity contribution in [1.29, 1.82) is 0 Å². The number of ether oxygens (including phenoxy) is 1. The molecule has 1 aromatic rings. The van der Waals surface area contributed by atoms with Crippen LogP contribution in [0.5, 0.6) is 0 Å². The lowest BCUT2D eigenvalue weighted by atomic mass is 10.2. The third-order valence-corrected chi connectivity index (χ3v) is 2.93. The van der Waals surface area contributed by atoms with E-state index in [2.05, 4.69) is 6.92 Å². The van der Waals surface area contributed by atoms with Crippen molar-refractivity contribution in [2.24, 2.45) is 0 Å². The number of benzene rings is 1. The fourth-order valence-corrected chi connectivity index (χ4v) is 1.78. The standard InChI is InChI=1S/C15H22FNO2/c1-4-6-11-19-12(3)15(18)17(5-2)14-9-7-13(16)8-10-14/h7-10,12H,4-6,11H2,1-3H3. The first-order chi connectivity index (χ1) is 9.10. The van der Waals surface area contributed by atoms with E-state index >= 15 is 0 Å². The maximum atomic E-state index is 12.9. The van der Waals surface area contributed by atoms with Crippen molar-refractivity contribution in [2.75, 3.05) is 18.1 Å². The normalized spacial score (nSPS) is 12.2. The van der Waals surface area contributed by atoms with Crippen LogP contribution in [0.2, 0.25) is 0 Å². The molecule has 0 fully saturated rings. The molecule has 0 aliphatic carbocycles. The van der Waals surface area contributed by atoms with Crippen LogP contribution < -0.4 is 4.90 Å². The summed E-state index contributed by atoms with van der Waals surface area (Å²) >= 11 is 0. The van der Waals surface area contributed by atoms with Crippen LogP contribution in [0.25, 0.3) is 0 Å². The highest BCUT2D eigenvalue weighted by Crippen LogP contribution is 2.16. The fraction of sp³-hybridized carbons (Fsp3) is 0.533. The highest BCUT2D eigenvalue weighted by atomic mass is 19.1. The zero-order chi connectivity index (χ0) is 14.3. The Morgan fingerprint density at radius 3 is 2.47 bits per heavy atom. The van der Waals surface area contributed by atoms with Gasteiger partial charge in [-0.2, -0.15) is 0 Å². The second-order valence-corrected chi connectivity index (χ2v) is 4.43. The average molecular weight is 267 g/mol. The van der Waals surface area contributed by atoms with Gasteiger partial charge in [-0.3, -0.25) is 4.79 Å². The van der Waals surface area contributed by atoms with Gasteiger partial charge in [0, 0.05) is 18.8 Å². The molecule has 1 unspecified atom stereocenters. The van der Waals surface area contributed by atoms with Crippen LogP contribution in [-0.2, 0) is 9.53 Å². The first-order valence-electron chi connectivity index (χ1n) is 6.78. The molecule has 0 spiro atoms. The predicted molar refractivity (Wildman–Crippen MR) is 74.7 cm³/mol. The number of likely N-dealkylation sites (N-methyl/N-ethyl adjacent to an activating group) is 1. The Morgan fingerprint density at radius 1 is 1.32 bits per heavy atom. The van der Waals surface area contributed by atoms with E-state index in [1.54, 1.807) is 24.0 Å². The zero-order valence-corrected chi connectivity index (χ0v) is 11.9. The highest BCUT2D eigenvalue weighted by molar-refractivity contribution is 5.96. The molecule has 0 bridgehead atoms. The number of rotatable bonds is 7. The van der Waals surface area contributed by atoms with Gasteiger partial charge in [0.25, 0.3) is 5.91 Å². The van der Waals surface area contributed by atoms with Crippen LogP contribution in [0, 0.1) is 5.82 Å². The van der Waals surface area contributed by atoms with Crippen molar-refractivity contribution in [2.45, 2.75) is 39.7 Å². The topological polar surface area (TPSA) is 29.5 Å². The van der Waals surface area contributed by atoms with E-state index in [0.717, 1.165) is 12.8 Å². The molecular formula is C15H22FNO2. The molecule has 1 rings (SSSR count). The fourth-order valence-electron chi connectivity index (χ4n) is 1.78. The van der Waals surface area contributed by atoms with E-state index in [1.807, 2.05) is 6.92 Å². The number of nitrogens with zero attached hydrogens (tertiary/aromatic N) is 1. The van der Waals surface area contributed by atoms with Gasteiger partial charge < -0.3 is 9.64 Å². The van der Waals surface area contributed by atoms with Crippen molar-refractivity contribution < 1.29 is 13.9 Å². The number of hydrogen-bond acceptors (Lipinski definition) is 2. The molecule has 0 N–H and O–H groups in total. The Bertz CT molecular complexity index is 392. The van der Waals surface area contributed by atoms with E-state index in [0.29, 0.717) is 18.8 Å². The summed E-state index contributed by atoms with van der Waals surface area (Å²) in [6.45, 7) is 6.84. The van der Waals surface area contributed by atoms with Gasteiger partial charge >= 0.3 is 0 Å². The van der Waals surface area contributed by atoms with Crippen molar-refractivity contribution in [3.63, 3.8) is 0 Å². The molecule has 3 nitrogen and oxygen atoms in total. The summed E-state index contributed by atoms with van der Waals surface area (Å²) in [4.78, 5) is 13.9. The van der Waals surface area contributed by atoms with Gasteiger partial charge in [-0.25, -0.2) is 4.39 Å². The number of halogens is 1. The lowest BCUT2D eigenvalue weighted by molar-refractivity contribution is -0.129. The highest BCUT2D eigenvalue weighted by Gasteiger charge is 2.21. The van der Waals surface area contributed by atoms with E-state index < -0.39 is 6.10 Å². The van der Waals surface area contributed by atoms with Crippen molar-refractivity contribution >= 4 is 11.6 Å². The Kier molecular flexibility index (Phi) is 6.50. The lowest BCUT2D eigenvalue weighted by Gasteiger charge is -2.24. The minimum absolute atomic E-state index is 0.0924. The van der Waals surface area contributed by atoms with E-state index in [-0.39, 0.29) is 11.7 Å². The monoisotopic (exact) mass is 267 g/mol. The van der Waals surface area contributed by atoms with E-state index in [1.165, 1.54) is 12.1 Å². The molecule has 0 aromatic heterocycles. The van der Waals surface area contributed by atoms with Gasteiger partial charge in [-0.1, -0.05) is 13.3 Å². The Hall–Kier alpha value is -1.42. The average Bonchev–Trinajstić information content (AvgIpc) is 2.41. The Balaban J connectivity index is 2.68. The molecule has 1 aromatic carbocycles. The minimum atomic E-state index is -0.475. The van der Waals surface area contributed by atoms with Crippen LogP contribution in [0.3, 0.4) is 0 Å². The number of amides is 1. The summed E-state index contributed by atoms with van der Waals surface area (Å²) in [5.74, 6) is -0.398. The maximum absolute atomic E-state index is 12.9. The van der Waals surface area contributed by atoms with Gasteiger partial charge in [0.05, 0.1) is 0 Å². The van der Waals surface area contributed by atoms with E-state index in [9.17, 15) is 9.18 Å². The van der Waals surface area contributed by atoms with Crippen LogP contribution in [-0.4, -0.2) is 25.2 Å². The summed E-state index contributed by atoms with van der Waals surface area (Å²) in [6, 6.07) is 5.92. The van der Waals surface area contributed by atoms with Crippen molar-refractivity contribution in [3.05, 3.63) is 30.1 Å². The zero-order valence-electron chi connectivity index (χ0n) is 11.9. The number of hydrogen-bond donors (Lipinski definition) is 0. The molecular weight excluding hydrogens is 245 g/mol. The van der Waals surface area contributed by atoms with Gasteiger partial charge in [0.2, 0.25) is 0 Å². The molecule has 0 saturated carbocycles. The van der Waals surface area contributed by atoms with Crippen LogP contribution in [0.1, 0.15) is 33.6 Å². The summed E-state index contributed by atoms with van der Waals surface area (Å²) in [5, 5.41) is 0. The molecule has 0 radical (unpaired) electrons. The smallest absolute Gasteiger partial charge is 0.255 e. The number of unbranched alkanes of at least 4 members (excludes halogenated alkanes) is 1. The van der Waals surface area contributed by atoms with Crippen molar-refractivity contribution in [3.8, 4) is 0 Å². The Morgan fingerprint density at radius 2 is 1.95 bits per heavy atom. The summed E-state index contributed by atoms with van der Waals surface area (Å²) in [7, 11) is 0. The number of carbonyl (C=O) groups is 1. The molecule has 4 heteroatoms. The van der Waals surface area contributed by atoms with Crippen LogP contribution in [0.15, 0.2) is 24.3 Å².